The monoisotopic (exact) mass is 249 g/mol. The Balaban J connectivity index is 2.55. The highest BCUT2D eigenvalue weighted by molar-refractivity contribution is 5.18. The van der Waals surface area contributed by atoms with Gasteiger partial charge in [-0.3, -0.25) is 0 Å². The van der Waals surface area contributed by atoms with E-state index < -0.39 is 0 Å². The lowest BCUT2D eigenvalue weighted by Gasteiger charge is -2.23. The van der Waals surface area contributed by atoms with Crippen LogP contribution in [0.3, 0.4) is 0 Å². The molecule has 2 heteroatoms. The van der Waals surface area contributed by atoms with E-state index in [4.69, 9.17) is 5.11 Å². The topological polar surface area (TPSA) is 32.3 Å². The summed E-state index contributed by atoms with van der Waals surface area (Å²) >= 11 is 0. The molecule has 0 saturated carbocycles. The first kappa shape index (κ1) is 15.2. The van der Waals surface area contributed by atoms with Crippen LogP contribution in [0.1, 0.15) is 57.6 Å². The number of rotatable bonds is 9. The molecule has 0 bridgehead atoms. The highest BCUT2D eigenvalue weighted by Gasteiger charge is 2.13. The number of hydrogen-bond acceptors (Lipinski definition) is 2. The van der Waals surface area contributed by atoms with E-state index in [-0.39, 0.29) is 6.61 Å². The molecule has 0 saturated heterocycles. The van der Waals surface area contributed by atoms with Crippen LogP contribution in [0, 0.1) is 0 Å². The average molecular weight is 249 g/mol. The van der Waals surface area contributed by atoms with Gasteiger partial charge in [0.15, 0.2) is 0 Å². The summed E-state index contributed by atoms with van der Waals surface area (Å²) < 4.78 is 0. The van der Waals surface area contributed by atoms with Gasteiger partial charge in [-0.05, 0) is 31.7 Å². The van der Waals surface area contributed by atoms with Gasteiger partial charge >= 0.3 is 0 Å². The molecule has 0 aliphatic heterocycles. The van der Waals surface area contributed by atoms with Crippen molar-refractivity contribution in [1.29, 1.82) is 0 Å². The lowest BCUT2D eigenvalue weighted by molar-refractivity contribution is 0.272. The molecule has 1 aromatic carbocycles. The smallest absolute Gasteiger partial charge is 0.0431 e. The Morgan fingerprint density at radius 1 is 1.11 bits per heavy atom. The van der Waals surface area contributed by atoms with Gasteiger partial charge in [-0.25, -0.2) is 0 Å². The predicted molar refractivity (Wildman–Crippen MR) is 77.6 cm³/mol. The Bertz CT molecular complexity index is 299. The first-order valence-corrected chi connectivity index (χ1v) is 7.19. The van der Waals surface area contributed by atoms with Gasteiger partial charge in [0.1, 0.15) is 0 Å². The van der Waals surface area contributed by atoms with Gasteiger partial charge in [-0.2, -0.15) is 0 Å². The van der Waals surface area contributed by atoms with Crippen molar-refractivity contribution in [3.05, 3.63) is 35.9 Å². The molecule has 18 heavy (non-hydrogen) atoms. The number of nitrogens with one attached hydrogen (secondary N) is 1. The van der Waals surface area contributed by atoms with Crippen molar-refractivity contribution in [2.75, 3.05) is 6.61 Å². The second-order valence-electron chi connectivity index (χ2n) is 5.04. The van der Waals surface area contributed by atoms with E-state index in [0.717, 1.165) is 12.8 Å². The van der Waals surface area contributed by atoms with E-state index in [9.17, 15) is 0 Å². The molecule has 0 aromatic heterocycles. The third-order valence-electron chi connectivity index (χ3n) is 3.33. The van der Waals surface area contributed by atoms with Crippen molar-refractivity contribution < 1.29 is 5.11 Å². The molecule has 0 fully saturated rings. The number of aliphatic hydroxyl groups is 1. The number of benzene rings is 1. The first-order valence-electron chi connectivity index (χ1n) is 7.19. The zero-order valence-electron chi connectivity index (χ0n) is 11.7. The van der Waals surface area contributed by atoms with Gasteiger partial charge in [0.05, 0.1) is 0 Å². The molecule has 0 aliphatic carbocycles. The zero-order chi connectivity index (χ0) is 13.2. The molecule has 1 aromatic rings. The summed E-state index contributed by atoms with van der Waals surface area (Å²) in [5, 5.41) is 12.6. The SMILES string of the molecule is CCCCC(NC(C)CCCO)c1ccccc1. The minimum Gasteiger partial charge on any atom is -0.396 e. The van der Waals surface area contributed by atoms with Crippen LogP contribution in [0.15, 0.2) is 30.3 Å². The van der Waals surface area contributed by atoms with Crippen LogP contribution in [0.4, 0.5) is 0 Å². The Hall–Kier alpha value is -0.860. The summed E-state index contributed by atoms with van der Waals surface area (Å²) in [6.45, 7) is 4.73. The van der Waals surface area contributed by atoms with Crippen LogP contribution >= 0.6 is 0 Å². The van der Waals surface area contributed by atoms with Crippen LogP contribution in [0.5, 0.6) is 0 Å². The van der Waals surface area contributed by atoms with E-state index >= 15 is 0 Å². The van der Waals surface area contributed by atoms with Gasteiger partial charge in [-0.15, -0.1) is 0 Å². The fourth-order valence-corrected chi connectivity index (χ4v) is 2.26. The van der Waals surface area contributed by atoms with Crippen molar-refractivity contribution in [2.24, 2.45) is 0 Å². The molecule has 2 N–H and O–H groups in total. The molecule has 0 amide bonds. The number of aliphatic hydroxyl groups excluding tert-OH is 1. The maximum Gasteiger partial charge on any atom is 0.0431 e. The molecular formula is C16H27NO. The fourth-order valence-electron chi connectivity index (χ4n) is 2.26. The lowest BCUT2D eigenvalue weighted by atomic mass is 9.99. The number of unbranched alkanes of at least 4 members (excludes halogenated alkanes) is 1. The maximum absolute atomic E-state index is 8.88. The Morgan fingerprint density at radius 3 is 2.44 bits per heavy atom. The van der Waals surface area contributed by atoms with Crippen LogP contribution < -0.4 is 5.32 Å². The van der Waals surface area contributed by atoms with E-state index in [0.29, 0.717) is 12.1 Å². The van der Waals surface area contributed by atoms with Crippen molar-refractivity contribution >= 4 is 0 Å². The molecule has 102 valence electrons. The Morgan fingerprint density at radius 2 is 1.83 bits per heavy atom. The lowest BCUT2D eigenvalue weighted by Crippen LogP contribution is -2.30. The second-order valence-corrected chi connectivity index (χ2v) is 5.04. The largest absolute Gasteiger partial charge is 0.396 e. The summed E-state index contributed by atoms with van der Waals surface area (Å²) in [7, 11) is 0. The highest BCUT2D eigenvalue weighted by Crippen LogP contribution is 2.20. The minimum atomic E-state index is 0.289. The zero-order valence-corrected chi connectivity index (χ0v) is 11.7. The summed E-state index contributed by atoms with van der Waals surface area (Å²) in [6.07, 6.45) is 5.58. The van der Waals surface area contributed by atoms with Crippen molar-refractivity contribution in [1.82, 2.24) is 5.32 Å². The Labute approximate surface area is 111 Å². The third kappa shape index (κ3) is 5.65. The summed E-state index contributed by atoms with van der Waals surface area (Å²) in [6, 6.07) is 11.6. The van der Waals surface area contributed by atoms with Crippen LogP contribution in [-0.4, -0.2) is 17.8 Å². The molecule has 0 aliphatic rings. The quantitative estimate of drug-likeness (QED) is 0.700. The molecule has 0 spiro atoms. The first-order chi connectivity index (χ1) is 8.77. The van der Waals surface area contributed by atoms with Gasteiger partial charge in [0.2, 0.25) is 0 Å². The van der Waals surface area contributed by atoms with E-state index in [1.165, 1.54) is 24.8 Å². The van der Waals surface area contributed by atoms with Crippen LogP contribution in [0.25, 0.3) is 0 Å². The summed E-state index contributed by atoms with van der Waals surface area (Å²) in [5.74, 6) is 0. The predicted octanol–water partition coefficient (Wildman–Crippen LogP) is 3.67. The Kier molecular flexibility index (Phi) is 7.70. The van der Waals surface area contributed by atoms with Gasteiger partial charge < -0.3 is 10.4 Å². The van der Waals surface area contributed by atoms with Gasteiger partial charge in [0, 0.05) is 18.7 Å². The molecule has 0 heterocycles. The van der Waals surface area contributed by atoms with E-state index in [1.54, 1.807) is 0 Å². The molecule has 1 rings (SSSR count). The molecule has 2 nitrogen and oxygen atoms in total. The number of hydrogen-bond donors (Lipinski definition) is 2. The summed E-state index contributed by atoms with van der Waals surface area (Å²) in [4.78, 5) is 0. The van der Waals surface area contributed by atoms with Crippen molar-refractivity contribution in [3.8, 4) is 0 Å². The molecule has 2 atom stereocenters. The van der Waals surface area contributed by atoms with Gasteiger partial charge in [-0.1, -0.05) is 50.1 Å². The second kappa shape index (κ2) is 9.12. The van der Waals surface area contributed by atoms with Crippen molar-refractivity contribution in [2.45, 2.75) is 58.0 Å². The van der Waals surface area contributed by atoms with Crippen LogP contribution in [-0.2, 0) is 0 Å². The molecule has 2 unspecified atom stereocenters. The standard InChI is InChI=1S/C16H27NO/c1-3-4-12-16(15-10-6-5-7-11-15)17-14(2)9-8-13-18/h5-7,10-11,14,16-18H,3-4,8-9,12-13H2,1-2H3. The molecule has 0 radical (unpaired) electrons. The third-order valence-corrected chi connectivity index (χ3v) is 3.33. The highest BCUT2D eigenvalue weighted by atomic mass is 16.2. The normalized spacial score (nSPS) is 14.4. The summed E-state index contributed by atoms with van der Waals surface area (Å²) in [5.41, 5.74) is 1.38. The maximum atomic E-state index is 8.88. The molecular weight excluding hydrogens is 222 g/mol. The fraction of sp³-hybridized carbons (Fsp3) is 0.625. The van der Waals surface area contributed by atoms with E-state index in [2.05, 4.69) is 49.5 Å². The van der Waals surface area contributed by atoms with E-state index in [1.807, 2.05) is 0 Å². The van der Waals surface area contributed by atoms with Gasteiger partial charge in [0.25, 0.3) is 0 Å². The average Bonchev–Trinajstić information content (AvgIpc) is 2.42. The van der Waals surface area contributed by atoms with Crippen molar-refractivity contribution in [3.63, 3.8) is 0 Å². The van der Waals surface area contributed by atoms with Crippen LogP contribution in [0.2, 0.25) is 0 Å². The minimum absolute atomic E-state index is 0.289.